The van der Waals surface area contributed by atoms with Crippen LogP contribution in [0.2, 0.25) is 10.0 Å². The summed E-state index contributed by atoms with van der Waals surface area (Å²) in [5.74, 6) is -1.33. The lowest BCUT2D eigenvalue weighted by molar-refractivity contribution is -0.385. The highest BCUT2D eigenvalue weighted by molar-refractivity contribution is 7.94. The van der Waals surface area contributed by atoms with Gasteiger partial charge in [-0.25, -0.2) is 4.79 Å². The lowest BCUT2D eigenvalue weighted by Crippen LogP contribution is -2.45. The molecule has 4 aromatic rings. The Bertz CT molecular complexity index is 2390. The summed E-state index contributed by atoms with van der Waals surface area (Å²) in [6.07, 6.45) is 8.03. The van der Waals surface area contributed by atoms with Gasteiger partial charge in [-0.05, 0) is 92.5 Å². The third-order valence-electron chi connectivity index (χ3n) is 8.83. The Balaban J connectivity index is 0.000000474. The van der Waals surface area contributed by atoms with E-state index in [1.807, 2.05) is 43.4 Å². The fraction of sp³-hybridized carbons (Fsp3) is 0.422. The number of esters is 1. The third-order valence-corrected chi connectivity index (χ3v) is 10.6. The number of halogens is 5. The van der Waals surface area contributed by atoms with Gasteiger partial charge in [0.1, 0.15) is 54.9 Å². The molecule has 1 aliphatic heterocycles. The molecule has 2 atom stereocenters. The van der Waals surface area contributed by atoms with Crippen molar-refractivity contribution in [3.63, 3.8) is 0 Å². The van der Waals surface area contributed by atoms with Crippen molar-refractivity contribution in [3.8, 4) is 11.5 Å². The van der Waals surface area contributed by atoms with Crippen LogP contribution in [-0.4, -0.2) is 119 Å². The number of furan rings is 1. The average molecular weight is 1140 g/mol. The van der Waals surface area contributed by atoms with Gasteiger partial charge in [0, 0.05) is 23.8 Å². The minimum Gasteiger partial charge on any atom is -0.778 e. The van der Waals surface area contributed by atoms with Gasteiger partial charge in [-0.15, -0.1) is 11.6 Å². The number of carboxylic acid groups (broad SMARTS) is 1. The van der Waals surface area contributed by atoms with Gasteiger partial charge in [-0.2, -0.15) is 0 Å². The van der Waals surface area contributed by atoms with Gasteiger partial charge in [0.05, 0.1) is 67.1 Å². The SMILES string of the molecule is CC1(C)OC(c2ccco2)CN1C(=O)C(Cl)Cl.CCOCN(C(=O)CCl)c1c(C)cccc1CC.COC(=O)c1cc(Oc2ccc(Cl)cc2Cl)ccc1[N+](=O)[O-].C[S+](C)C.O=C(O)CNCP(=O)([O-])O. The molecule has 1 saturated heterocycles. The van der Waals surface area contributed by atoms with Crippen LogP contribution in [0.4, 0.5) is 11.4 Å². The molecule has 5 rings (SSSR count). The van der Waals surface area contributed by atoms with Gasteiger partial charge in [0.15, 0.2) is 4.84 Å². The second kappa shape index (κ2) is 32.1. The molecule has 0 radical (unpaired) electrons. The van der Waals surface area contributed by atoms with Crippen molar-refractivity contribution >= 4 is 112 Å². The summed E-state index contributed by atoms with van der Waals surface area (Å²) < 4.78 is 36.4. The predicted molar refractivity (Wildman–Crippen MR) is 276 cm³/mol. The summed E-state index contributed by atoms with van der Waals surface area (Å²) in [6.45, 7) is 10.3. The maximum atomic E-state index is 12.0. The van der Waals surface area contributed by atoms with Crippen LogP contribution in [0, 0.1) is 17.0 Å². The van der Waals surface area contributed by atoms with Crippen molar-refractivity contribution in [2.75, 3.05) is 69.4 Å². The van der Waals surface area contributed by atoms with Crippen LogP contribution >= 0.6 is 65.6 Å². The number of carboxylic acids is 1. The Hall–Kier alpha value is -4.15. The number of aryl methyl sites for hydroxylation is 2. The Labute approximate surface area is 440 Å². The van der Waals surface area contributed by atoms with Gasteiger partial charge in [-0.1, -0.05) is 71.5 Å². The van der Waals surface area contributed by atoms with Gasteiger partial charge < -0.3 is 47.7 Å². The maximum absolute atomic E-state index is 12.0. The van der Waals surface area contributed by atoms with E-state index in [0.29, 0.717) is 40.6 Å². The average Bonchev–Trinajstić information content (AvgIpc) is 3.94. The molecule has 1 aliphatic rings. The number of alkyl halides is 3. The Morgan fingerprint density at radius 1 is 1.06 bits per heavy atom. The molecule has 0 spiro atoms. The lowest BCUT2D eigenvalue weighted by atomic mass is 10.0. The first kappa shape index (κ1) is 64.9. The number of para-hydroxylation sites is 1. The normalized spacial score (nSPS) is 14.2. The molecule has 0 bridgehead atoms. The van der Waals surface area contributed by atoms with Gasteiger partial charge in [-0.3, -0.25) is 34.7 Å². The fourth-order valence-electron chi connectivity index (χ4n) is 5.84. The number of hydrogen-bond acceptors (Lipinski definition) is 14. The number of hydrogen-bond donors (Lipinski definition) is 3. The van der Waals surface area contributed by atoms with E-state index in [9.17, 15) is 38.8 Å². The van der Waals surface area contributed by atoms with E-state index >= 15 is 0 Å². The van der Waals surface area contributed by atoms with Gasteiger partial charge in [0.2, 0.25) is 5.91 Å². The molecule has 0 aliphatic carbocycles. The van der Waals surface area contributed by atoms with Crippen LogP contribution in [0.3, 0.4) is 0 Å². The number of rotatable bonds is 16. The monoisotopic (exact) mass is 1130 g/mol. The van der Waals surface area contributed by atoms with Crippen molar-refractivity contribution in [2.45, 2.75) is 57.7 Å². The minimum absolute atomic E-state index is 0.0371. The Morgan fingerprint density at radius 3 is 2.20 bits per heavy atom. The number of nitrogens with zero attached hydrogens (tertiary/aromatic N) is 3. The fourth-order valence-corrected chi connectivity index (χ4v) is 7.06. The first-order valence-electron chi connectivity index (χ1n) is 20.9. The zero-order valence-electron chi connectivity index (χ0n) is 40.3. The molecule has 394 valence electrons. The van der Waals surface area contributed by atoms with E-state index in [2.05, 4.69) is 30.4 Å². The quantitative estimate of drug-likeness (QED) is 0.0180. The summed E-state index contributed by atoms with van der Waals surface area (Å²) in [5, 5.41) is 21.6. The molecular formula is C45H58Cl5N4O15PS. The van der Waals surface area contributed by atoms with Gasteiger partial charge in [0.25, 0.3) is 11.6 Å². The molecule has 71 heavy (non-hydrogen) atoms. The molecule has 2 unspecified atom stereocenters. The van der Waals surface area contributed by atoms with Crippen LogP contribution in [0.5, 0.6) is 11.5 Å². The summed E-state index contributed by atoms with van der Waals surface area (Å²) in [6, 6.07) is 18.0. The summed E-state index contributed by atoms with van der Waals surface area (Å²) in [4.78, 5) is 75.5. The summed E-state index contributed by atoms with van der Waals surface area (Å²) in [7, 11) is -2.57. The first-order chi connectivity index (χ1) is 33.1. The Morgan fingerprint density at radius 2 is 1.70 bits per heavy atom. The van der Waals surface area contributed by atoms with E-state index in [4.69, 9.17) is 86.6 Å². The van der Waals surface area contributed by atoms with Crippen molar-refractivity contribution in [1.29, 1.82) is 0 Å². The second-order valence-corrected chi connectivity index (χ2v) is 21.5. The number of nitro benzene ring substituents is 1. The lowest BCUT2D eigenvalue weighted by Gasteiger charge is -2.29. The number of benzene rings is 3. The molecule has 19 nitrogen and oxygen atoms in total. The maximum Gasteiger partial charge on any atom is 0.345 e. The molecule has 26 heteroatoms. The standard InChI is InChI=1S/C14H9Cl2NO5.C14H20ClNO2.C11H13Cl2NO3.C3H8NO5P.C3H9S/c1-21-14(18)10-7-9(3-4-12(10)17(19)20)22-13-5-2-8(15)6-11(13)16;1-4-12-8-6-7-11(3)14(12)16(10-18-5-2)13(17)9-15;1-11(2)14(10(15)9(12)13)6-8(17-11)7-4-3-5-16-7;5-3(6)1-4-2-10(7,8)9;1-4(2)3/h2-7H,1H3;6-8H,4-5,9-10H2,1-3H3;3-5,8-9H,6H2,1-2H3;4H,1-2H2,(H,5,6)(H2,7,8,9);1-3H3/q;;;;+1/p-1. The number of amides is 2. The molecule has 3 aromatic carbocycles. The number of anilines is 1. The summed E-state index contributed by atoms with van der Waals surface area (Å²) >= 11 is 28.6. The van der Waals surface area contributed by atoms with E-state index in [-0.39, 0.29) is 52.6 Å². The van der Waals surface area contributed by atoms with Crippen LogP contribution in [0.1, 0.15) is 61.0 Å². The van der Waals surface area contributed by atoms with Gasteiger partial charge >= 0.3 is 11.9 Å². The first-order valence-corrected chi connectivity index (χ1v) is 27.3. The van der Waals surface area contributed by atoms with E-state index in [1.54, 1.807) is 43.2 Å². The Kier molecular flexibility index (Phi) is 29.3. The third kappa shape index (κ3) is 23.5. The second-order valence-electron chi connectivity index (χ2n) is 15.3. The zero-order chi connectivity index (χ0) is 54.2. The van der Waals surface area contributed by atoms with Crippen LogP contribution in [0.15, 0.2) is 77.4 Å². The van der Waals surface area contributed by atoms with E-state index in [0.717, 1.165) is 36.4 Å². The molecule has 1 fully saturated rings. The number of carbonyl (C=O) groups excluding carboxylic acids is 3. The van der Waals surface area contributed by atoms with Crippen molar-refractivity contribution < 1.29 is 66.9 Å². The number of aliphatic carboxylic acids is 1. The minimum atomic E-state index is -4.35. The van der Waals surface area contributed by atoms with Crippen molar-refractivity contribution in [2.24, 2.45) is 0 Å². The predicted octanol–water partition coefficient (Wildman–Crippen LogP) is 8.98. The number of nitro groups is 1. The summed E-state index contributed by atoms with van der Waals surface area (Å²) in [5.41, 5.74) is 1.80. The molecule has 1 aromatic heterocycles. The van der Waals surface area contributed by atoms with Crippen molar-refractivity contribution in [3.05, 3.63) is 116 Å². The van der Waals surface area contributed by atoms with Crippen molar-refractivity contribution in [1.82, 2.24) is 10.2 Å². The molecule has 3 N–H and O–H groups in total. The van der Waals surface area contributed by atoms with Crippen LogP contribution in [0.25, 0.3) is 0 Å². The van der Waals surface area contributed by atoms with E-state index < -0.39 is 47.8 Å². The number of ether oxygens (including phenoxy) is 4. The smallest absolute Gasteiger partial charge is 0.345 e. The number of methoxy groups -OCH3 is 1. The van der Waals surface area contributed by atoms with Crippen LogP contribution < -0.4 is 19.8 Å². The highest BCUT2D eigenvalue weighted by atomic mass is 35.5. The highest BCUT2D eigenvalue weighted by Crippen LogP contribution is 2.37. The molecule has 0 saturated carbocycles. The largest absolute Gasteiger partial charge is 0.778 e. The number of carbonyl (C=O) groups is 4. The van der Waals surface area contributed by atoms with Crippen LogP contribution in [-0.2, 0) is 50.5 Å². The topological polar surface area (TPSA) is 261 Å². The highest BCUT2D eigenvalue weighted by Gasteiger charge is 2.45. The zero-order valence-corrected chi connectivity index (χ0v) is 45.8. The molecule has 2 amide bonds. The van der Waals surface area contributed by atoms with E-state index in [1.165, 1.54) is 23.1 Å². The molecule has 2 heterocycles. The molecular weight excluding hydrogens is 1080 g/mol. The number of nitrogens with one attached hydrogen (secondary N) is 1.